The summed E-state index contributed by atoms with van der Waals surface area (Å²) in [5.74, 6) is -4.14. The molecule has 3 rings (SSSR count). The predicted octanol–water partition coefficient (Wildman–Crippen LogP) is 4.21. The third kappa shape index (κ3) is 3.06. The van der Waals surface area contributed by atoms with E-state index in [0.29, 0.717) is 25.2 Å². The summed E-state index contributed by atoms with van der Waals surface area (Å²) in [4.78, 5) is 0.118. The molecule has 0 amide bonds. The molecule has 7 heteroatoms. The summed E-state index contributed by atoms with van der Waals surface area (Å²) in [7, 11) is 0. The zero-order valence-corrected chi connectivity index (χ0v) is 15.8. The molecule has 1 saturated heterocycles. The minimum Gasteiger partial charge on any atom is -0.377 e. The number of nitrogens with one attached hydrogen (secondary N) is 1. The highest BCUT2D eigenvalue weighted by molar-refractivity contribution is 7.80. The monoisotopic (exact) mass is 385 g/mol. The van der Waals surface area contributed by atoms with E-state index < -0.39 is 22.9 Å². The van der Waals surface area contributed by atoms with Gasteiger partial charge in [-0.05, 0) is 50.5 Å². The van der Waals surface area contributed by atoms with Crippen LogP contribution in [-0.2, 0) is 15.0 Å². The van der Waals surface area contributed by atoms with Crippen molar-refractivity contribution in [3.8, 4) is 0 Å². The molecule has 2 aliphatic heterocycles. The Bertz CT molecular complexity index is 763. The molecular weight excluding hydrogens is 363 g/mol. The maximum absolute atomic E-state index is 15.5. The number of rotatable bonds is 2. The fourth-order valence-corrected chi connectivity index (χ4v) is 3.73. The SMILES string of the molecule is CC1(C)OCC(=S)NC(C)(c2cc(C3=CCOCC3)ccc2F)C1(F)F. The maximum Gasteiger partial charge on any atom is 0.302 e. The topological polar surface area (TPSA) is 30.5 Å². The van der Waals surface area contributed by atoms with Gasteiger partial charge in [-0.1, -0.05) is 24.4 Å². The summed E-state index contributed by atoms with van der Waals surface area (Å²) < 4.78 is 56.2. The summed E-state index contributed by atoms with van der Waals surface area (Å²) in [6.45, 7) is 4.73. The lowest BCUT2D eigenvalue weighted by Crippen LogP contribution is -2.62. The fourth-order valence-electron chi connectivity index (χ4n) is 3.47. The second-order valence-electron chi connectivity index (χ2n) is 7.30. The van der Waals surface area contributed by atoms with Crippen LogP contribution in [0.25, 0.3) is 5.57 Å². The van der Waals surface area contributed by atoms with Crippen LogP contribution < -0.4 is 5.32 Å². The number of hydrogen-bond acceptors (Lipinski definition) is 3. The van der Waals surface area contributed by atoms with E-state index in [1.165, 1.54) is 32.9 Å². The van der Waals surface area contributed by atoms with Gasteiger partial charge in [0.2, 0.25) is 0 Å². The molecule has 1 atom stereocenters. The fraction of sp³-hybridized carbons (Fsp3) is 0.526. The van der Waals surface area contributed by atoms with Gasteiger partial charge in [0, 0.05) is 5.56 Å². The summed E-state index contributed by atoms with van der Waals surface area (Å²) >= 11 is 5.13. The Balaban J connectivity index is 2.15. The van der Waals surface area contributed by atoms with E-state index in [9.17, 15) is 4.39 Å². The average Bonchev–Trinajstić information content (AvgIpc) is 2.66. The zero-order chi connectivity index (χ0) is 19.2. The molecule has 142 valence electrons. The van der Waals surface area contributed by atoms with E-state index in [2.05, 4.69) is 5.32 Å². The summed E-state index contributed by atoms with van der Waals surface area (Å²) in [6.07, 6.45) is 2.54. The van der Waals surface area contributed by atoms with Gasteiger partial charge in [-0.15, -0.1) is 0 Å². The first kappa shape index (κ1) is 19.3. The van der Waals surface area contributed by atoms with Crippen molar-refractivity contribution >= 4 is 22.8 Å². The third-order valence-electron chi connectivity index (χ3n) is 5.18. The minimum atomic E-state index is -3.43. The zero-order valence-electron chi connectivity index (χ0n) is 15.0. The lowest BCUT2D eigenvalue weighted by atomic mass is 9.77. The molecule has 3 nitrogen and oxygen atoms in total. The van der Waals surface area contributed by atoms with Gasteiger partial charge in [0.05, 0.1) is 19.8 Å². The van der Waals surface area contributed by atoms with E-state index in [1.807, 2.05) is 6.08 Å². The van der Waals surface area contributed by atoms with Crippen LogP contribution in [0.2, 0.25) is 0 Å². The van der Waals surface area contributed by atoms with E-state index in [4.69, 9.17) is 21.7 Å². The second-order valence-corrected chi connectivity index (χ2v) is 7.79. The molecule has 0 radical (unpaired) electrons. The first-order valence-corrected chi connectivity index (χ1v) is 8.89. The molecule has 1 N–H and O–H groups in total. The molecule has 0 spiro atoms. The Labute approximate surface area is 156 Å². The highest BCUT2D eigenvalue weighted by Gasteiger charge is 2.64. The molecular formula is C19H22F3NO2S. The van der Waals surface area contributed by atoms with Crippen molar-refractivity contribution < 1.29 is 22.6 Å². The van der Waals surface area contributed by atoms with Gasteiger partial charge in [-0.2, -0.15) is 0 Å². The average molecular weight is 385 g/mol. The summed E-state index contributed by atoms with van der Waals surface area (Å²) in [5.41, 5.74) is -2.34. The van der Waals surface area contributed by atoms with Gasteiger partial charge in [0.15, 0.2) is 0 Å². The number of halogens is 3. The summed E-state index contributed by atoms with van der Waals surface area (Å²) in [6, 6.07) is 4.32. The van der Waals surface area contributed by atoms with Crippen molar-refractivity contribution in [1.29, 1.82) is 0 Å². The van der Waals surface area contributed by atoms with Gasteiger partial charge in [-0.25, -0.2) is 13.2 Å². The predicted molar refractivity (Wildman–Crippen MR) is 97.9 cm³/mol. The number of hydrogen-bond donors (Lipinski definition) is 1. The molecule has 1 fully saturated rings. The van der Waals surface area contributed by atoms with Crippen molar-refractivity contribution in [2.75, 3.05) is 19.8 Å². The lowest BCUT2D eigenvalue weighted by Gasteiger charge is -2.44. The minimum absolute atomic E-state index is 0.118. The second kappa shape index (κ2) is 6.62. The molecule has 2 heterocycles. The Morgan fingerprint density at radius 1 is 1.19 bits per heavy atom. The molecule has 2 aliphatic rings. The lowest BCUT2D eigenvalue weighted by molar-refractivity contribution is -0.216. The van der Waals surface area contributed by atoms with Crippen molar-refractivity contribution in [2.45, 2.75) is 44.3 Å². The van der Waals surface area contributed by atoms with Crippen LogP contribution in [-0.4, -0.2) is 36.3 Å². The van der Waals surface area contributed by atoms with Gasteiger partial charge in [0.25, 0.3) is 0 Å². The number of benzene rings is 1. The van der Waals surface area contributed by atoms with Gasteiger partial charge in [-0.3, -0.25) is 0 Å². The van der Waals surface area contributed by atoms with E-state index >= 15 is 8.78 Å². The van der Waals surface area contributed by atoms with Crippen LogP contribution in [0.3, 0.4) is 0 Å². The molecule has 26 heavy (non-hydrogen) atoms. The third-order valence-corrected chi connectivity index (χ3v) is 5.40. The van der Waals surface area contributed by atoms with Crippen LogP contribution in [0.1, 0.15) is 38.3 Å². The largest absolute Gasteiger partial charge is 0.377 e. The van der Waals surface area contributed by atoms with E-state index in [1.54, 1.807) is 6.07 Å². The van der Waals surface area contributed by atoms with E-state index in [-0.39, 0.29) is 17.2 Å². The number of ether oxygens (including phenoxy) is 2. The van der Waals surface area contributed by atoms with E-state index in [0.717, 1.165) is 5.57 Å². The van der Waals surface area contributed by atoms with Crippen LogP contribution in [0, 0.1) is 5.82 Å². The molecule has 0 saturated carbocycles. The Morgan fingerprint density at radius 3 is 2.58 bits per heavy atom. The Morgan fingerprint density at radius 2 is 1.92 bits per heavy atom. The van der Waals surface area contributed by atoms with Gasteiger partial charge in [0.1, 0.15) is 21.9 Å². The first-order valence-electron chi connectivity index (χ1n) is 8.48. The normalized spacial score (nSPS) is 28.1. The Kier molecular flexibility index (Phi) is 4.92. The van der Waals surface area contributed by atoms with Crippen LogP contribution in [0.15, 0.2) is 24.3 Å². The maximum atomic E-state index is 15.5. The quantitative estimate of drug-likeness (QED) is 0.773. The number of alkyl halides is 2. The highest BCUT2D eigenvalue weighted by atomic mass is 32.1. The van der Waals surface area contributed by atoms with Crippen LogP contribution >= 0.6 is 12.2 Å². The molecule has 0 aromatic heterocycles. The molecule has 0 aliphatic carbocycles. The molecule has 0 bridgehead atoms. The smallest absolute Gasteiger partial charge is 0.302 e. The Hall–Kier alpha value is -1.44. The van der Waals surface area contributed by atoms with Gasteiger partial charge >= 0.3 is 5.92 Å². The summed E-state index contributed by atoms with van der Waals surface area (Å²) in [5, 5.41) is 2.66. The first-order chi connectivity index (χ1) is 12.1. The van der Waals surface area contributed by atoms with Gasteiger partial charge < -0.3 is 14.8 Å². The molecule has 1 unspecified atom stereocenters. The molecule has 1 aromatic rings. The van der Waals surface area contributed by atoms with Crippen molar-refractivity contribution in [3.05, 3.63) is 41.2 Å². The van der Waals surface area contributed by atoms with Crippen molar-refractivity contribution in [1.82, 2.24) is 5.32 Å². The molecule has 1 aromatic carbocycles. The number of thiocarbonyl (C=S) groups is 1. The van der Waals surface area contributed by atoms with Crippen molar-refractivity contribution in [2.24, 2.45) is 0 Å². The standard InChI is InChI=1S/C19H22F3NO2S/c1-17(2)19(21,22)18(3,23-16(26)11-25-17)14-10-13(4-5-15(14)20)12-6-8-24-9-7-12/h4-6,10H,7-9,11H2,1-3H3,(H,23,26). The highest BCUT2D eigenvalue weighted by Crippen LogP contribution is 2.48. The van der Waals surface area contributed by atoms with Crippen molar-refractivity contribution in [3.63, 3.8) is 0 Å². The van der Waals surface area contributed by atoms with Crippen LogP contribution in [0.5, 0.6) is 0 Å². The van der Waals surface area contributed by atoms with Crippen LogP contribution in [0.4, 0.5) is 13.2 Å².